The summed E-state index contributed by atoms with van der Waals surface area (Å²) in [6.45, 7) is 4.92. The molecular weight excluding hydrogens is 192 g/mol. The van der Waals surface area contributed by atoms with Crippen LogP contribution in [-0.4, -0.2) is 19.9 Å². The average molecular weight is 206 g/mol. The molecule has 0 bridgehead atoms. The molecule has 5 nitrogen and oxygen atoms in total. The van der Waals surface area contributed by atoms with Crippen LogP contribution >= 0.6 is 0 Å². The molecule has 80 valence electrons. The van der Waals surface area contributed by atoms with Gasteiger partial charge in [0.25, 0.3) is 0 Å². The van der Waals surface area contributed by atoms with Crippen LogP contribution in [0.5, 0.6) is 0 Å². The second-order valence-corrected chi connectivity index (χ2v) is 3.48. The number of hydrogen-bond donors (Lipinski definition) is 2. The highest BCUT2D eigenvalue weighted by atomic mass is 16.5. The van der Waals surface area contributed by atoms with Gasteiger partial charge in [0, 0.05) is 0 Å². The average Bonchev–Trinajstić information content (AvgIpc) is 2.76. The molecule has 0 fully saturated rings. The lowest BCUT2D eigenvalue weighted by atomic mass is 10.5. The molecule has 0 saturated carbocycles. The van der Waals surface area contributed by atoms with Crippen LogP contribution in [0.1, 0.15) is 23.0 Å². The maximum atomic E-state index is 5.49. The minimum absolute atomic E-state index is 0.541. The van der Waals surface area contributed by atoms with Gasteiger partial charge in [-0.25, -0.2) is 9.97 Å². The van der Waals surface area contributed by atoms with Crippen molar-refractivity contribution in [2.45, 2.75) is 27.1 Å². The van der Waals surface area contributed by atoms with E-state index in [1.54, 1.807) is 12.4 Å². The third-order valence-electron chi connectivity index (χ3n) is 2.03. The van der Waals surface area contributed by atoms with E-state index in [4.69, 9.17) is 4.74 Å². The summed E-state index contributed by atoms with van der Waals surface area (Å²) in [5, 5.41) is 0. The molecule has 2 heterocycles. The van der Waals surface area contributed by atoms with Crippen LogP contribution in [0.4, 0.5) is 0 Å². The van der Waals surface area contributed by atoms with E-state index in [9.17, 15) is 0 Å². The summed E-state index contributed by atoms with van der Waals surface area (Å²) in [5.74, 6) is 1.82. The Bertz CT molecular complexity index is 392. The maximum absolute atomic E-state index is 5.49. The Labute approximate surface area is 87.9 Å². The summed E-state index contributed by atoms with van der Waals surface area (Å²) in [4.78, 5) is 14.4. The number of aromatic amines is 2. The van der Waals surface area contributed by atoms with E-state index in [2.05, 4.69) is 19.9 Å². The van der Waals surface area contributed by atoms with E-state index in [1.807, 2.05) is 13.8 Å². The van der Waals surface area contributed by atoms with Crippen LogP contribution in [0.2, 0.25) is 0 Å². The van der Waals surface area contributed by atoms with Crippen LogP contribution in [-0.2, 0) is 18.0 Å². The summed E-state index contributed by atoms with van der Waals surface area (Å²) in [5.41, 5.74) is 1.98. The summed E-state index contributed by atoms with van der Waals surface area (Å²) in [7, 11) is 0. The lowest BCUT2D eigenvalue weighted by molar-refractivity contribution is 0.102. The molecule has 0 amide bonds. The molecule has 0 spiro atoms. The summed E-state index contributed by atoms with van der Waals surface area (Å²) >= 11 is 0. The molecule has 15 heavy (non-hydrogen) atoms. The molecule has 2 N–H and O–H groups in total. The SMILES string of the molecule is Cc1ncc(COCc2cnc(C)[nH]2)[nH]1. The van der Waals surface area contributed by atoms with Crippen molar-refractivity contribution in [1.29, 1.82) is 0 Å². The van der Waals surface area contributed by atoms with Gasteiger partial charge in [0.2, 0.25) is 0 Å². The fourth-order valence-electron chi connectivity index (χ4n) is 1.36. The topological polar surface area (TPSA) is 66.6 Å². The smallest absolute Gasteiger partial charge is 0.103 e. The Kier molecular flexibility index (Phi) is 2.82. The molecule has 0 radical (unpaired) electrons. The molecular formula is C10H14N4O. The Hall–Kier alpha value is -1.62. The molecule has 2 aromatic heterocycles. The Morgan fingerprint density at radius 3 is 1.80 bits per heavy atom. The highest BCUT2D eigenvalue weighted by Gasteiger charge is 1.99. The van der Waals surface area contributed by atoms with Crippen molar-refractivity contribution >= 4 is 0 Å². The van der Waals surface area contributed by atoms with Crippen LogP contribution in [0.15, 0.2) is 12.4 Å². The first-order chi connectivity index (χ1) is 7.24. The first kappa shape index (κ1) is 9.92. The molecule has 0 aliphatic rings. The van der Waals surface area contributed by atoms with E-state index in [0.29, 0.717) is 13.2 Å². The van der Waals surface area contributed by atoms with Crippen LogP contribution in [0.3, 0.4) is 0 Å². The van der Waals surface area contributed by atoms with E-state index >= 15 is 0 Å². The van der Waals surface area contributed by atoms with Gasteiger partial charge < -0.3 is 14.7 Å². The van der Waals surface area contributed by atoms with Crippen molar-refractivity contribution < 1.29 is 4.74 Å². The lowest BCUT2D eigenvalue weighted by Crippen LogP contribution is -1.94. The van der Waals surface area contributed by atoms with Gasteiger partial charge in [-0.2, -0.15) is 0 Å². The molecule has 5 heteroatoms. The summed E-state index contributed by atoms with van der Waals surface area (Å²) < 4.78 is 5.49. The van der Waals surface area contributed by atoms with E-state index in [0.717, 1.165) is 23.0 Å². The van der Waals surface area contributed by atoms with Crippen molar-refractivity contribution in [3.05, 3.63) is 35.4 Å². The summed E-state index contributed by atoms with van der Waals surface area (Å²) in [6.07, 6.45) is 3.57. The van der Waals surface area contributed by atoms with E-state index in [-0.39, 0.29) is 0 Å². The number of H-pyrrole nitrogens is 2. The number of imidazole rings is 2. The zero-order valence-corrected chi connectivity index (χ0v) is 8.87. The molecule has 0 aromatic carbocycles. The first-order valence-corrected chi connectivity index (χ1v) is 4.83. The van der Waals surface area contributed by atoms with E-state index < -0.39 is 0 Å². The van der Waals surface area contributed by atoms with Gasteiger partial charge in [0.05, 0.1) is 37.0 Å². The lowest BCUT2D eigenvalue weighted by Gasteiger charge is -1.99. The molecule has 0 aliphatic heterocycles. The quantitative estimate of drug-likeness (QED) is 0.796. The van der Waals surface area contributed by atoms with Gasteiger partial charge in [-0.05, 0) is 13.8 Å². The van der Waals surface area contributed by atoms with Crippen molar-refractivity contribution in [3.63, 3.8) is 0 Å². The number of rotatable bonds is 4. The van der Waals surface area contributed by atoms with Crippen LogP contribution in [0, 0.1) is 13.8 Å². The van der Waals surface area contributed by atoms with Crippen molar-refractivity contribution in [2.75, 3.05) is 0 Å². The summed E-state index contributed by atoms with van der Waals surface area (Å²) in [6, 6.07) is 0. The fourth-order valence-corrected chi connectivity index (χ4v) is 1.36. The van der Waals surface area contributed by atoms with Gasteiger partial charge >= 0.3 is 0 Å². The minimum atomic E-state index is 0.541. The Morgan fingerprint density at radius 2 is 1.47 bits per heavy atom. The minimum Gasteiger partial charge on any atom is -0.369 e. The Balaban J connectivity index is 1.80. The molecule has 0 saturated heterocycles. The van der Waals surface area contributed by atoms with Gasteiger partial charge in [-0.15, -0.1) is 0 Å². The molecule has 2 aromatic rings. The molecule has 0 atom stereocenters. The molecule has 0 aliphatic carbocycles. The first-order valence-electron chi connectivity index (χ1n) is 4.83. The largest absolute Gasteiger partial charge is 0.369 e. The maximum Gasteiger partial charge on any atom is 0.103 e. The molecule has 2 rings (SSSR count). The highest BCUT2D eigenvalue weighted by Crippen LogP contribution is 2.02. The zero-order valence-electron chi connectivity index (χ0n) is 8.87. The number of nitrogens with one attached hydrogen (secondary N) is 2. The number of aryl methyl sites for hydroxylation is 2. The predicted octanol–water partition coefficient (Wildman–Crippen LogP) is 1.47. The highest BCUT2D eigenvalue weighted by molar-refractivity contribution is 5.00. The fraction of sp³-hybridized carbons (Fsp3) is 0.400. The monoisotopic (exact) mass is 206 g/mol. The van der Waals surface area contributed by atoms with Crippen molar-refractivity contribution in [1.82, 2.24) is 19.9 Å². The van der Waals surface area contributed by atoms with Gasteiger partial charge in [0.15, 0.2) is 0 Å². The number of ether oxygens (including phenoxy) is 1. The predicted molar refractivity (Wildman–Crippen MR) is 55.1 cm³/mol. The normalized spacial score (nSPS) is 10.8. The van der Waals surface area contributed by atoms with Gasteiger partial charge in [0.1, 0.15) is 11.6 Å². The standard InChI is InChI=1S/C10H14N4O/c1-7-11-3-9(13-7)5-15-6-10-4-12-8(2)14-10/h3-4H,5-6H2,1-2H3,(H,11,13)(H,12,14). The van der Waals surface area contributed by atoms with E-state index in [1.165, 1.54) is 0 Å². The number of hydrogen-bond acceptors (Lipinski definition) is 3. The second kappa shape index (κ2) is 4.27. The third-order valence-corrected chi connectivity index (χ3v) is 2.03. The molecule has 0 unspecified atom stereocenters. The van der Waals surface area contributed by atoms with Gasteiger partial charge in [-0.1, -0.05) is 0 Å². The number of aromatic nitrogens is 4. The van der Waals surface area contributed by atoms with Crippen molar-refractivity contribution in [2.24, 2.45) is 0 Å². The van der Waals surface area contributed by atoms with Crippen LogP contribution in [0.25, 0.3) is 0 Å². The van der Waals surface area contributed by atoms with Crippen LogP contribution < -0.4 is 0 Å². The zero-order chi connectivity index (χ0) is 10.7. The number of nitrogens with zero attached hydrogens (tertiary/aromatic N) is 2. The second-order valence-electron chi connectivity index (χ2n) is 3.48. The third kappa shape index (κ3) is 2.66. The Morgan fingerprint density at radius 1 is 1.00 bits per heavy atom. The van der Waals surface area contributed by atoms with Gasteiger partial charge in [-0.3, -0.25) is 0 Å². The van der Waals surface area contributed by atoms with Crippen molar-refractivity contribution in [3.8, 4) is 0 Å².